The zero-order valence-corrected chi connectivity index (χ0v) is 16.4. The summed E-state index contributed by atoms with van der Waals surface area (Å²) in [4.78, 5) is 17.1. The van der Waals surface area contributed by atoms with E-state index in [0.717, 1.165) is 22.0 Å². The van der Waals surface area contributed by atoms with Crippen LogP contribution < -0.4 is 0 Å². The second-order valence-electron chi connectivity index (χ2n) is 5.62. The number of aryl methyl sites for hydroxylation is 1. The summed E-state index contributed by atoms with van der Waals surface area (Å²) in [6.45, 7) is 3.98. The number of benzene rings is 2. The first kappa shape index (κ1) is 17.9. The van der Waals surface area contributed by atoms with Crippen LogP contribution in [0.3, 0.4) is 0 Å². The number of aromatic amines is 1. The van der Waals surface area contributed by atoms with Gasteiger partial charge in [0.05, 0.1) is 5.25 Å². The van der Waals surface area contributed by atoms with Crippen molar-refractivity contribution in [2.45, 2.75) is 30.7 Å². The van der Waals surface area contributed by atoms with E-state index in [1.807, 2.05) is 55.5 Å². The monoisotopic (exact) mass is 415 g/mol. The molecule has 0 bridgehead atoms. The summed E-state index contributed by atoms with van der Waals surface area (Å²) in [7, 11) is 0. The zero-order valence-electron chi connectivity index (χ0n) is 14.0. The minimum absolute atomic E-state index is 0.0832. The zero-order chi connectivity index (χ0) is 17.8. The highest BCUT2D eigenvalue weighted by Crippen LogP contribution is 2.28. The molecule has 0 aliphatic rings. The molecule has 0 amide bonds. The van der Waals surface area contributed by atoms with Crippen LogP contribution in [-0.2, 0) is 6.42 Å². The van der Waals surface area contributed by atoms with Crippen LogP contribution in [0.5, 0.6) is 0 Å². The molecule has 0 saturated carbocycles. The van der Waals surface area contributed by atoms with Crippen LogP contribution in [0.2, 0.25) is 0 Å². The van der Waals surface area contributed by atoms with Crippen molar-refractivity contribution in [2.24, 2.45) is 0 Å². The fraction of sp³-hybridized carbons (Fsp3) is 0.211. The van der Waals surface area contributed by atoms with Crippen LogP contribution in [0.1, 0.15) is 29.8 Å². The Kier molecular flexibility index (Phi) is 5.71. The molecule has 3 aromatic rings. The summed E-state index contributed by atoms with van der Waals surface area (Å²) in [6, 6.07) is 15.6. The van der Waals surface area contributed by atoms with Crippen LogP contribution in [0.25, 0.3) is 11.4 Å². The molecule has 0 spiro atoms. The molecule has 3 rings (SSSR count). The Hall–Kier alpha value is -1.92. The number of aromatic nitrogens is 3. The average Bonchev–Trinajstić information content (AvgIpc) is 3.09. The number of hydrogen-bond acceptors (Lipinski definition) is 4. The summed E-state index contributed by atoms with van der Waals surface area (Å²) in [5, 5.41) is 7.48. The van der Waals surface area contributed by atoms with Gasteiger partial charge in [0.25, 0.3) is 0 Å². The molecular weight excluding hydrogens is 398 g/mol. The first-order valence-corrected chi connectivity index (χ1v) is 9.73. The van der Waals surface area contributed by atoms with Gasteiger partial charge in [0.15, 0.2) is 11.6 Å². The first-order valence-electron chi connectivity index (χ1n) is 8.05. The first-order chi connectivity index (χ1) is 12.1. The average molecular weight is 416 g/mol. The van der Waals surface area contributed by atoms with Gasteiger partial charge in [-0.1, -0.05) is 77.1 Å². The van der Waals surface area contributed by atoms with E-state index in [2.05, 4.69) is 38.0 Å². The van der Waals surface area contributed by atoms with Crippen molar-refractivity contribution in [3.8, 4) is 11.4 Å². The third-order valence-electron chi connectivity index (χ3n) is 3.89. The van der Waals surface area contributed by atoms with Gasteiger partial charge in [-0.25, -0.2) is 4.98 Å². The van der Waals surface area contributed by atoms with E-state index in [9.17, 15) is 4.79 Å². The lowest BCUT2D eigenvalue weighted by molar-refractivity contribution is 0.0994. The van der Waals surface area contributed by atoms with Gasteiger partial charge in [0, 0.05) is 15.6 Å². The predicted octanol–water partition coefficient (Wildman–Crippen LogP) is 5.16. The number of Topliss-reactive ketones (excluding diaryl/α,β-unsaturated/α-hetero) is 1. The second-order valence-corrected chi connectivity index (χ2v) is 7.78. The molecule has 6 heteroatoms. The second kappa shape index (κ2) is 7.97. The Morgan fingerprint density at radius 1 is 1.20 bits per heavy atom. The summed E-state index contributed by atoms with van der Waals surface area (Å²) >= 11 is 4.87. The van der Waals surface area contributed by atoms with Crippen LogP contribution in [0, 0.1) is 0 Å². The molecule has 1 N–H and O–H groups in total. The highest BCUT2D eigenvalue weighted by Gasteiger charge is 2.19. The standard InChI is InChI=1S/C19H18BrN3OS/c1-3-13-8-10-14(11-9-13)17(24)12(2)25-19-21-18(22-23-19)15-6-4-5-7-16(15)20/h4-12H,3H2,1-2H3,(H,21,22,23)/t12-/m1/s1. The lowest BCUT2D eigenvalue weighted by Gasteiger charge is -2.08. The van der Waals surface area contributed by atoms with Gasteiger partial charge in [0.1, 0.15) is 0 Å². The predicted molar refractivity (Wildman–Crippen MR) is 105 cm³/mol. The van der Waals surface area contributed by atoms with E-state index >= 15 is 0 Å². The van der Waals surface area contributed by atoms with Crippen molar-refractivity contribution in [3.05, 3.63) is 64.1 Å². The molecule has 0 saturated heterocycles. The molecule has 1 aromatic heterocycles. The summed E-state index contributed by atoms with van der Waals surface area (Å²) < 4.78 is 0.947. The number of ketones is 1. The van der Waals surface area contributed by atoms with Crippen molar-refractivity contribution in [1.82, 2.24) is 15.2 Å². The van der Waals surface area contributed by atoms with Gasteiger partial charge in [0.2, 0.25) is 5.16 Å². The largest absolute Gasteiger partial charge is 0.293 e. The molecular formula is C19H18BrN3OS. The van der Waals surface area contributed by atoms with Crippen LogP contribution in [-0.4, -0.2) is 26.2 Å². The number of thioether (sulfide) groups is 1. The molecule has 25 heavy (non-hydrogen) atoms. The number of halogens is 1. The van der Waals surface area contributed by atoms with E-state index < -0.39 is 0 Å². The highest BCUT2D eigenvalue weighted by atomic mass is 79.9. The summed E-state index contributed by atoms with van der Waals surface area (Å²) in [5.41, 5.74) is 2.89. The SMILES string of the molecule is CCc1ccc(C(=O)[C@@H](C)Sc2n[nH]c(-c3ccccc3Br)n2)cc1. The summed E-state index contributed by atoms with van der Waals surface area (Å²) in [6.07, 6.45) is 0.966. The molecule has 0 radical (unpaired) electrons. The fourth-order valence-corrected chi connectivity index (χ4v) is 3.70. The van der Waals surface area contributed by atoms with Crippen molar-refractivity contribution >= 4 is 33.5 Å². The van der Waals surface area contributed by atoms with Gasteiger partial charge in [-0.05, 0) is 25.0 Å². The third kappa shape index (κ3) is 4.19. The molecule has 128 valence electrons. The fourth-order valence-electron chi connectivity index (χ4n) is 2.42. The maximum absolute atomic E-state index is 12.6. The normalized spacial score (nSPS) is 12.1. The summed E-state index contributed by atoms with van der Waals surface area (Å²) in [5.74, 6) is 0.766. The van der Waals surface area contributed by atoms with E-state index in [1.165, 1.54) is 17.3 Å². The number of nitrogens with zero attached hydrogens (tertiary/aromatic N) is 2. The number of carbonyl (C=O) groups is 1. The Morgan fingerprint density at radius 3 is 2.60 bits per heavy atom. The van der Waals surface area contributed by atoms with Gasteiger partial charge >= 0.3 is 0 Å². The molecule has 1 heterocycles. The smallest absolute Gasteiger partial charge is 0.209 e. The highest BCUT2D eigenvalue weighted by molar-refractivity contribution is 9.10. The lowest BCUT2D eigenvalue weighted by Crippen LogP contribution is -2.13. The van der Waals surface area contributed by atoms with E-state index in [-0.39, 0.29) is 11.0 Å². The van der Waals surface area contributed by atoms with E-state index in [1.54, 1.807) is 0 Å². The van der Waals surface area contributed by atoms with Crippen molar-refractivity contribution < 1.29 is 4.79 Å². The molecule has 4 nitrogen and oxygen atoms in total. The topological polar surface area (TPSA) is 58.6 Å². The quantitative estimate of drug-likeness (QED) is 0.446. The van der Waals surface area contributed by atoms with Gasteiger partial charge in [-0.15, -0.1) is 5.10 Å². The molecule has 0 aliphatic carbocycles. The number of nitrogens with one attached hydrogen (secondary N) is 1. The van der Waals surface area contributed by atoms with Crippen molar-refractivity contribution in [1.29, 1.82) is 0 Å². The minimum Gasteiger partial charge on any atom is -0.293 e. The molecule has 1 atom stereocenters. The molecule has 0 aliphatic heterocycles. The Labute approximate surface area is 159 Å². The lowest BCUT2D eigenvalue weighted by atomic mass is 10.1. The van der Waals surface area contributed by atoms with Gasteiger partial charge in [-0.2, -0.15) is 0 Å². The van der Waals surface area contributed by atoms with E-state index in [4.69, 9.17) is 0 Å². The Morgan fingerprint density at radius 2 is 1.92 bits per heavy atom. The Bertz CT molecular complexity index is 876. The van der Waals surface area contributed by atoms with Crippen LogP contribution in [0.4, 0.5) is 0 Å². The van der Waals surface area contributed by atoms with Crippen molar-refractivity contribution in [3.63, 3.8) is 0 Å². The Balaban J connectivity index is 1.71. The maximum atomic E-state index is 12.6. The molecule has 2 aromatic carbocycles. The minimum atomic E-state index is -0.254. The van der Waals surface area contributed by atoms with Crippen LogP contribution >= 0.6 is 27.7 Å². The van der Waals surface area contributed by atoms with Crippen LogP contribution in [0.15, 0.2) is 58.2 Å². The molecule has 0 unspecified atom stereocenters. The number of carbonyl (C=O) groups excluding carboxylic acids is 1. The number of H-pyrrole nitrogens is 1. The maximum Gasteiger partial charge on any atom is 0.209 e. The van der Waals surface area contributed by atoms with Crippen molar-refractivity contribution in [2.75, 3.05) is 0 Å². The number of hydrogen-bond donors (Lipinski definition) is 1. The number of rotatable bonds is 6. The third-order valence-corrected chi connectivity index (χ3v) is 5.54. The van der Waals surface area contributed by atoms with Gasteiger partial charge < -0.3 is 0 Å². The van der Waals surface area contributed by atoms with E-state index in [0.29, 0.717) is 11.0 Å². The molecule has 0 fully saturated rings. The van der Waals surface area contributed by atoms with Gasteiger partial charge in [-0.3, -0.25) is 9.89 Å².